The van der Waals surface area contributed by atoms with Crippen molar-refractivity contribution in [3.8, 4) is 0 Å². The number of amides is 3. The Hall–Kier alpha value is -2.63. The smallest absolute Gasteiger partial charge is 0.326 e. The normalized spacial score (nSPS) is 15.6. The number of carboxylic acid groups (broad SMARTS) is 1. The van der Waals surface area contributed by atoms with Crippen LogP contribution in [0.2, 0.25) is 0 Å². The van der Waals surface area contributed by atoms with Gasteiger partial charge in [0.05, 0.1) is 12.1 Å². The van der Waals surface area contributed by atoms with Crippen molar-refractivity contribution in [2.24, 2.45) is 11.7 Å². The third kappa shape index (κ3) is 9.80. The topological polar surface area (TPSA) is 171 Å². The van der Waals surface area contributed by atoms with E-state index in [4.69, 9.17) is 5.73 Å². The lowest BCUT2D eigenvalue weighted by Gasteiger charge is -2.26. The molecule has 11 heteroatoms. The highest BCUT2D eigenvalue weighted by Crippen LogP contribution is 2.08. The molecule has 184 valence electrons. The van der Waals surface area contributed by atoms with Gasteiger partial charge < -0.3 is 31.9 Å². The molecule has 0 radical (unpaired) electrons. The molecule has 5 unspecified atom stereocenters. The van der Waals surface area contributed by atoms with E-state index in [0.29, 0.717) is 0 Å². The van der Waals surface area contributed by atoms with Gasteiger partial charge in [0.2, 0.25) is 17.7 Å². The molecule has 0 aliphatic carbocycles. The monoisotopic (exact) mass is 482 g/mol. The van der Waals surface area contributed by atoms with Crippen molar-refractivity contribution in [1.29, 1.82) is 0 Å². The maximum absolute atomic E-state index is 13.0. The number of rotatable bonds is 13. The Kier molecular flexibility index (Phi) is 11.9. The fraction of sp³-hybridized carbons (Fsp3) is 0.545. The highest BCUT2D eigenvalue weighted by Gasteiger charge is 2.32. The lowest BCUT2D eigenvalue weighted by atomic mass is 10.0. The van der Waals surface area contributed by atoms with E-state index in [2.05, 4.69) is 28.6 Å². The number of benzene rings is 1. The number of nitrogens with two attached hydrogens (primary N) is 1. The first-order valence-corrected chi connectivity index (χ1v) is 11.3. The summed E-state index contributed by atoms with van der Waals surface area (Å²) in [4.78, 5) is 49.6. The maximum atomic E-state index is 13.0. The number of aliphatic hydroxyl groups is 1. The molecular formula is C22H34N4O6S. The highest BCUT2D eigenvalue weighted by molar-refractivity contribution is 7.80. The molecule has 0 saturated heterocycles. The van der Waals surface area contributed by atoms with Crippen LogP contribution in [0.4, 0.5) is 0 Å². The summed E-state index contributed by atoms with van der Waals surface area (Å²) in [5, 5.41) is 26.9. The number of thiol groups is 1. The molecule has 33 heavy (non-hydrogen) atoms. The molecule has 0 aliphatic heterocycles. The second kappa shape index (κ2) is 13.8. The zero-order valence-electron chi connectivity index (χ0n) is 19.0. The van der Waals surface area contributed by atoms with Gasteiger partial charge in [-0.15, -0.1) is 0 Å². The Balaban J connectivity index is 3.09. The molecule has 5 atom stereocenters. The number of carboxylic acids is 1. The van der Waals surface area contributed by atoms with E-state index in [9.17, 15) is 29.4 Å². The van der Waals surface area contributed by atoms with Crippen molar-refractivity contribution in [2.75, 3.05) is 5.75 Å². The molecule has 0 aliphatic rings. The third-order valence-electron chi connectivity index (χ3n) is 4.83. The average Bonchev–Trinajstić information content (AvgIpc) is 2.75. The van der Waals surface area contributed by atoms with Gasteiger partial charge >= 0.3 is 5.97 Å². The van der Waals surface area contributed by atoms with Gasteiger partial charge in [0.1, 0.15) is 18.1 Å². The third-order valence-corrected chi connectivity index (χ3v) is 5.23. The van der Waals surface area contributed by atoms with E-state index >= 15 is 0 Å². The fourth-order valence-electron chi connectivity index (χ4n) is 3.03. The Morgan fingerprint density at radius 1 is 0.939 bits per heavy atom. The quantitative estimate of drug-likeness (QED) is 0.185. The first kappa shape index (κ1) is 28.4. The minimum Gasteiger partial charge on any atom is -0.480 e. The van der Waals surface area contributed by atoms with Crippen LogP contribution >= 0.6 is 12.6 Å². The number of carbonyl (C=O) groups excluding carboxylic acids is 3. The van der Waals surface area contributed by atoms with E-state index in [1.807, 2.05) is 13.8 Å². The minimum absolute atomic E-state index is 0.0134. The van der Waals surface area contributed by atoms with Gasteiger partial charge in [0.15, 0.2) is 0 Å². The van der Waals surface area contributed by atoms with Crippen molar-refractivity contribution in [3.05, 3.63) is 35.9 Å². The van der Waals surface area contributed by atoms with E-state index < -0.39 is 54.0 Å². The van der Waals surface area contributed by atoms with Crippen LogP contribution in [0.1, 0.15) is 32.8 Å². The van der Waals surface area contributed by atoms with Crippen molar-refractivity contribution >= 4 is 36.3 Å². The molecule has 0 fully saturated rings. The second-order valence-corrected chi connectivity index (χ2v) is 8.66. The summed E-state index contributed by atoms with van der Waals surface area (Å²) >= 11 is 3.94. The molecule has 10 nitrogen and oxygen atoms in total. The largest absolute Gasteiger partial charge is 0.480 e. The van der Waals surface area contributed by atoms with Crippen molar-refractivity contribution in [1.82, 2.24) is 16.0 Å². The first-order valence-electron chi connectivity index (χ1n) is 10.7. The summed E-state index contributed by atoms with van der Waals surface area (Å²) in [6.45, 7) is 4.97. The summed E-state index contributed by atoms with van der Waals surface area (Å²) in [6, 6.07) is 4.20. The predicted octanol–water partition coefficient (Wildman–Crippen LogP) is -0.548. The van der Waals surface area contributed by atoms with Crippen LogP contribution in [0.5, 0.6) is 0 Å². The molecule has 0 aromatic heterocycles. The zero-order chi connectivity index (χ0) is 25.1. The van der Waals surface area contributed by atoms with Crippen LogP contribution in [-0.4, -0.2) is 69.9 Å². The SMILES string of the molecule is CC(C)CC(NC(=O)C(Cc1ccccc1)NC(=O)C(NC(=O)C(N)CS)C(C)O)C(=O)O. The molecule has 7 N–H and O–H groups in total. The minimum atomic E-state index is -1.37. The van der Waals surface area contributed by atoms with Crippen molar-refractivity contribution < 1.29 is 29.4 Å². The summed E-state index contributed by atoms with van der Waals surface area (Å²) in [7, 11) is 0. The molecule has 1 aromatic carbocycles. The van der Waals surface area contributed by atoms with E-state index in [0.717, 1.165) is 5.56 Å². The number of aliphatic hydroxyl groups excluding tert-OH is 1. The van der Waals surface area contributed by atoms with Gasteiger partial charge in [0, 0.05) is 12.2 Å². The van der Waals surface area contributed by atoms with Gasteiger partial charge in [-0.2, -0.15) is 12.6 Å². The number of hydrogen-bond acceptors (Lipinski definition) is 7. The molecule has 1 aromatic rings. The molecule has 0 heterocycles. The Bertz CT molecular complexity index is 805. The van der Waals surface area contributed by atoms with Gasteiger partial charge in [-0.05, 0) is 24.8 Å². The molecule has 0 spiro atoms. The van der Waals surface area contributed by atoms with E-state index in [1.165, 1.54) is 6.92 Å². The summed E-state index contributed by atoms with van der Waals surface area (Å²) in [5.74, 6) is -3.32. The van der Waals surface area contributed by atoms with E-state index in [1.54, 1.807) is 30.3 Å². The lowest BCUT2D eigenvalue weighted by Crippen LogP contribution is -2.60. The van der Waals surface area contributed by atoms with Crippen LogP contribution in [0.15, 0.2) is 30.3 Å². The molecular weight excluding hydrogens is 448 g/mol. The average molecular weight is 483 g/mol. The number of nitrogens with one attached hydrogen (secondary N) is 3. The zero-order valence-corrected chi connectivity index (χ0v) is 19.9. The van der Waals surface area contributed by atoms with Crippen LogP contribution in [0.25, 0.3) is 0 Å². The Morgan fingerprint density at radius 2 is 1.52 bits per heavy atom. The lowest BCUT2D eigenvalue weighted by molar-refractivity contribution is -0.143. The predicted molar refractivity (Wildman–Crippen MR) is 127 cm³/mol. The summed E-state index contributed by atoms with van der Waals surface area (Å²) < 4.78 is 0. The van der Waals surface area contributed by atoms with Gasteiger partial charge in [-0.3, -0.25) is 14.4 Å². The number of aliphatic carboxylic acids is 1. The van der Waals surface area contributed by atoms with Crippen LogP contribution in [-0.2, 0) is 25.6 Å². The first-order chi connectivity index (χ1) is 15.5. The van der Waals surface area contributed by atoms with Crippen LogP contribution in [0, 0.1) is 5.92 Å². The Labute approximate surface area is 199 Å². The summed E-state index contributed by atoms with van der Waals surface area (Å²) in [6.07, 6.45) is -1.00. The van der Waals surface area contributed by atoms with Crippen LogP contribution < -0.4 is 21.7 Å². The number of carbonyl (C=O) groups is 4. The number of hydrogen-bond donors (Lipinski definition) is 7. The maximum Gasteiger partial charge on any atom is 0.326 e. The van der Waals surface area contributed by atoms with E-state index in [-0.39, 0.29) is 24.5 Å². The molecule has 3 amide bonds. The van der Waals surface area contributed by atoms with Crippen molar-refractivity contribution in [2.45, 2.75) is 63.9 Å². The van der Waals surface area contributed by atoms with Gasteiger partial charge in [-0.1, -0.05) is 44.2 Å². The van der Waals surface area contributed by atoms with Crippen LogP contribution in [0.3, 0.4) is 0 Å². The standard InChI is InChI=1S/C22H34N4O6S/c1-12(2)9-17(22(31)32)25-20(29)16(10-14-7-5-4-6-8-14)24-21(30)18(13(3)27)26-19(28)15(23)11-33/h4-8,12-13,15-18,27,33H,9-11,23H2,1-3H3,(H,24,30)(H,25,29)(H,26,28)(H,31,32). The van der Waals surface area contributed by atoms with Gasteiger partial charge in [0.25, 0.3) is 0 Å². The van der Waals surface area contributed by atoms with Crippen molar-refractivity contribution in [3.63, 3.8) is 0 Å². The van der Waals surface area contributed by atoms with Gasteiger partial charge in [-0.25, -0.2) is 4.79 Å². The fourth-order valence-corrected chi connectivity index (χ4v) is 3.20. The highest BCUT2D eigenvalue weighted by atomic mass is 32.1. The molecule has 1 rings (SSSR count). The molecule has 0 bridgehead atoms. The second-order valence-electron chi connectivity index (χ2n) is 8.30. The Morgan fingerprint density at radius 3 is 2.00 bits per heavy atom. The molecule has 0 saturated carbocycles. The summed E-state index contributed by atoms with van der Waals surface area (Å²) in [5.41, 5.74) is 6.34.